The zero-order valence-corrected chi connectivity index (χ0v) is 53.7. The molecule has 1 aliphatic rings. The molecule has 10 N–H and O–H groups in total. The number of methoxy groups -OCH3 is 1. The molecule has 0 spiro atoms. The number of urea groups is 1. The van der Waals surface area contributed by atoms with Crippen LogP contribution in [-0.2, 0) is 92.2 Å². The zero-order valence-electron chi connectivity index (χ0n) is 53.7. The van der Waals surface area contributed by atoms with E-state index in [-0.39, 0.29) is 67.1 Å². The van der Waals surface area contributed by atoms with E-state index in [9.17, 15) is 28.8 Å². The van der Waals surface area contributed by atoms with E-state index >= 15 is 0 Å². The number of anilines is 1. The number of amides is 6. The first-order valence-electron chi connectivity index (χ1n) is 29.9. The van der Waals surface area contributed by atoms with Gasteiger partial charge in [0.1, 0.15) is 6.61 Å². The van der Waals surface area contributed by atoms with E-state index in [4.69, 9.17) is 78.9 Å². The van der Waals surface area contributed by atoms with Crippen molar-refractivity contribution in [3.8, 4) is 0 Å². The molecule has 0 radical (unpaired) electrons. The van der Waals surface area contributed by atoms with Crippen LogP contribution in [0.15, 0.2) is 48.3 Å². The van der Waals surface area contributed by atoms with Crippen LogP contribution in [0.3, 0.4) is 0 Å². The number of hydrogen-bond donors (Lipinski definition) is 7. The summed E-state index contributed by atoms with van der Waals surface area (Å²) in [5.41, 5.74) is 12.3. The van der Waals surface area contributed by atoms with Crippen LogP contribution in [0.1, 0.15) is 74.3 Å². The summed E-state index contributed by atoms with van der Waals surface area (Å²) >= 11 is 0. The van der Waals surface area contributed by atoms with Crippen LogP contribution < -0.4 is 38.6 Å². The Morgan fingerprint density at radius 1 is 0.586 bits per heavy atom. The molecule has 87 heavy (non-hydrogen) atoms. The highest BCUT2D eigenvalue weighted by Gasteiger charge is 2.24. The van der Waals surface area contributed by atoms with Crippen molar-refractivity contribution in [3.63, 3.8) is 0 Å². The quantitative estimate of drug-likeness (QED) is 0.0162. The van der Waals surface area contributed by atoms with Crippen LogP contribution in [0.5, 0.6) is 0 Å². The van der Waals surface area contributed by atoms with Gasteiger partial charge in [0.05, 0.1) is 184 Å². The maximum absolute atomic E-state index is 12.3. The number of hydrogen-bond acceptors (Lipinski definition) is 23. The average Bonchev–Trinajstić information content (AvgIpc) is 4.08. The minimum absolute atomic E-state index is 0.0210. The van der Waals surface area contributed by atoms with Gasteiger partial charge in [-0.25, -0.2) is 10.6 Å². The van der Waals surface area contributed by atoms with Crippen molar-refractivity contribution in [1.29, 1.82) is 0 Å². The molecule has 0 saturated carbocycles. The fourth-order valence-electron chi connectivity index (χ4n) is 6.37. The maximum Gasteiger partial charge on any atom is 0.312 e. The smallest absolute Gasteiger partial charge is 0.312 e. The molecule has 2 rings (SSSR count). The number of carbonyl (C=O) groups is 6. The lowest BCUT2D eigenvalue weighted by Gasteiger charge is -2.23. The zero-order chi connectivity index (χ0) is 65.1. The molecule has 28 nitrogen and oxygen atoms in total. The van der Waals surface area contributed by atoms with Gasteiger partial charge in [-0.1, -0.05) is 74.4 Å². The van der Waals surface area contributed by atoms with E-state index in [0.29, 0.717) is 171 Å². The molecule has 504 valence electrons. The monoisotopic (exact) mass is 1250 g/mol. The number of nitrogens with two attached hydrogens (primary N) is 3. The lowest BCUT2D eigenvalue weighted by atomic mass is 10.0. The summed E-state index contributed by atoms with van der Waals surface area (Å²) in [7, 11) is 1.64. The van der Waals surface area contributed by atoms with Gasteiger partial charge in [-0.05, 0) is 30.0 Å². The lowest BCUT2D eigenvalue weighted by molar-refractivity contribution is -0.148. The van der Waals surface area contributed by atoms with Gasteiger partial charge in [0, 0.05) is 49.4 Å². The Morgan fingerprint density at radius 2 is 0.977 bits per heavy atom. The molecule has 1 aromatic carbocycles. The Labute approximate surface area is 517 Å². The molecule has 1 aromatic rings. The van der Waals surface area contributed by atoms with E-state index in [0.717, 1.165) is 16.9 Å². The number of nitrogens with zero attached hydrogens (tertiary/aromatic N) is 2. The van der Waals surface area contributed by atoms with Crippen LogP contribution in [0.2, 0.25) is 0 Å². The Balaban J connectivity index is 0. The van der Waals surface area contributed by atoms with Gasteiger partial charge < -0.3 is 99.3 Å². The summed E-state index contributed by atoms with van der Waals surface area (Å²) in [4.78, 5) is 69.9. The fraction of sp³-hybridized carbons (Fsp3) is 0.729. The molecule has 0 aliphatic carbocycles. The number of hydrazine groups is 1. The summed E-state index contributed by atoms with van der Waals surface area (Å²) in [6.07, 6.45) is 4.80. The van der Waals surface area contributed by atoms with Gasteiger partial charge in [-0.2, -0.15) is 0 Å². The van der Waals surface area contributed by atoms with E-state index in [1.807, 2.05) is 48.5 Å². The van der Waals surface area contributed by atoms with Crippen LogP contribution in [0, 0.1) is 11.8 Å². The van der Waals surface area contributed by atoms with Crippen LogP contribution in [0.4, 0.5) is 10.5 Å². The van der Waals surface area contributed by atoms with Crippen molar-refractivity contribution in [2.45, 2.75) is 87.4 Å². The summed E-state index contributed by atoms with van der Waals surface area (Å²) in [6.45, 7) is 29.7. The lowest BCUT2D eigenvalue weighted by Crippen LogP contribution is -2.51. The van der Waals surface area contributed by atoms with Crippen molar-refractivity contribution < 1.29 is 90.3 Å². The molecule has 1 unspecified atom stereocenters. The molecule has 0 fully saturated rings. The molecule has 0 bridgehead atoms. The molecular weight excluding hydrogens is 1140 g/mol. The Bertz CT molecular complexity index is 1920. The number of primary amides is 1. The van der Waals surface area contributed by atoms with Crippen molar-refractivity contribution in [3.05, 3.63) is 53.9 Å². The molecule has 1 heterocycles. The third-order valence-electron chi connectivity index (χ3n) is 10.7. The third kappa shape index (κ3) is 53.3. The van der Waals surface area contributed by atoms with E-state index in [2.05, 4.69) is 21.3 Å². The predicted octanol–water partition coefficient (Wildman–Crippen LogP) is 2.27. The fourth-order valence-corrected chi connectivity index (χ4v) is 6.37. The van der Waals surface area contributed by atoms with Crippen LogP contribution in [0.25, 0.3) is 0 Å². The average molecular weight is 1250 g/mol. The second-order valence-corrected chi connectivity index (χ2v) is 19.3. The summed E-state index contributed by atoms with van der Waals surface area (Å²) < 4.78 is 69.9. The van der Waals surface area contributed by atoms with Crippen molar-refractivity contribution in [1.82, 2.24) is 25.9 Å². The molecule has 28 heteroatoms. The highest BCUT2D eigenvalue weighted by atomic mass is 16.6. The van der Waals surface area contributed by atoms with Crippen LogP contribution in [-0.4, -0.2) is 243 Å². The Morgan fingerprint density at radius 3 is 1.31 bits per heavy atom. The van der Waals surface area contributed by atoms with Gasteiger partial charge in [0.25, 0.3) is 11.8 Å². The molecule has 1 atom stereocenters. The van der Waals surface area contributed by atoms with E-state index in [1.165, 1.54) is 23.4 Å². The van der Waals surface area contributed by atoms with Crippen molar-refractivity contribution in [2.75, 3.05) is 191 Å². The molecule has 1 aliphatic heterocycles. The first-order chi connectivity index (χ1) is 41.9. The third-order valence-corrected chi connectivity index (χ3v) is 10.7. The second kappa shape index (κ2) is 59.5. The number of rotatable bonds is 51. The number of ether oxygens (including phenoxy) is 13. The van der Waals surface area contributed by atoms with Gasteiger partial charge in [0.15, 0.2) is 0 Å². The SMILES string of the molecule is CC.CC(C)NC(C(=O)NCC(=O)Nc1ccc(COC(=O)C(C)C)cc1)C(C)C.CCCNC(N)=O.COCCOCCOCCOCCOCCOCCOCCOCCOCCOCCOCCOCCN(N)/C=C(\N)CN1C(=O)C=CC1=O. The Kier molecular flexibility index (Phi) is 57.2. The molecular formula is C59H109N9O19. The number of imide groups is 1. The standard InChI is InChI=1S/C32H60N4O14.C21H33N3O4.C4H10N2O.C2H6/c1-39-6-7-41-10-11-43-14-15-45-18-19-47-22-23-49-26-27-50-25-24-48-21-20-46-17-16-44-13-12-42-9-8-40-5-4-35(34)28-30(33)29-36-31(37)2-3-32(36)38;1-13(2)19(23-15(5)6)20(26)22-11-18(25)24-17-9-7-16(8-10-17)12-28-21(27)14(3)4;1-2-3-6-4(5)7;1-2/h2-3,28H,4-27,29,33-34H2,1H3;7-10,13-15,19,23H,11-12H2,1-6H3,(H,22,26)(H,24,25);2-3H2,1H3,(H3,5,6,7);1-2H3/b30-28-;;;. The predicted molar refractivity (Wildman–Crippen MR) is 329 cm³/mol. The van der Waals surface area contributed by atoms with Crippen molar-refractivity contribution in [2.24, 2.45) is 29.1 Å². The number of benzene rings is 1. The minimum Gasteiger partial charge on any atom is -0.461 e. The van der Waals surface area contributed by atoms with E-state index in [1.54, 1.807) is 45.2 Å². The number of carbonyl (C=O) groups excluding carboxylic acids is 6. The maximum atomic E-state index is 12.3. The topological polar surface area (TPSA) is 355 Å². The molecule has 6 amide bonds. The van der Waals surface area contributed by atoms with Gasteiger partial charge in [-0.15, -0.1) is 0 Å². The highest BCUT2D eigenvalue weighted by Crippen LogP contribution is 2.12. The number of esters is 1. The van der Waals surface area contributed by atoms with Crippen molar-refractivity contribution >= 4 is 41.3 Å². The first kappa shape index (κ1) is 83.6. The van der Waals surface area contributed by atoms with Gasteiger partial charge in [0.2, 0.25) is 11.8 Å². The summed E-state index contributed by atoms with van der Waals surface area (Å²) in [5.74, 6) is 4.25. The first-order valence-corrected chi connectivity index (χ1v) is 29.9. The second-order valence-electron chi connectivity index (χ2n) is 19.3. The van der Waals surface area contributed by atoms with Gasteiger partial charge in [-0.3, -0.25) is 28.9 Å². The normalized spacial score (nSPS) is 12.3. The molecule has 0 saturated heterocycles. The largest absolute Gasteiger partial charge is 0.461 e. The summed E-state index contributed by atoms with van der Waals surface area (Å²) in [6, 6.07) is 6.41. The minimum atomic E-state index is -0.443. The highest BCUT2D eigenvalue weighted by molar-refractivity contribution is 6.13. The Hall–Kier alpha value is -5.44. The van der Waals surface area contributed by atoms with E-state index < -0.39 is 17.8 Å². The van der Waals surface area contributed by atoms with Gasteiger partial charge >= 0.3 is 12.0 Å². The molecule has 0 aromatic heterocycles. The summed E-state index contributed by atoms with van der Waals surface area (Å²) in [5, 5.41) is 12.4. The number of nitrogens with one attached hydrogen (secondary N) is 4. The van der Waals surface area contributed by atoms with Crippen LogP contribution >= 0.6 is 0 Å².